The molecule has 0 aliphatic carbocycles. The zero-order valence-corrected chi connectivity index (χ0v) is 14.9. The van der Waals surface area contributed by atoms with Gasteiger partial charge in [-0.05, 0) is 42.5 Å². The van der Waals surface area contributed by atoms with Crippen LogP contribution in [0.2, 0.25) is 0 Å². The van der Waals surface area contributed by atoms with Gasteiger partial charge >= 0.3 is 5.97 Å². The molecule has 1 amide bonds. The van der Waals surface area contributed by atoms with E-state index >= 15 is 0 Å². The smallest absolute Gasteiger partial charge is 0.341 e. The van der Waals surface area contributed by atoms with Crippen molar-refractivity contribution < 1.29 is 23.5 Å². The van der Waals surface area contributed by atoms with Gasteiger partial charge in [-0.2, -0.15) is 0 Å². The monoisotopic (exact) mass is 407 g/mol. The molecule has 0 bridgehead atoms. The number of amides is 1. The molecule has 5 nitrogen and oxygen atoms in total. The normalized spacial score (nSPS) is 10.2. The predicted molar refractivity (Wildman–Crippen MR) is 94.1 cm³/mol. The number of hydrogen-bond acceptors (Lipinski definition) is 4. The molecule has 0 saturated carbocycles. The lowest BCUT2D eigenvalue weighted by Crippen LogP contribution is -2.15. The van der Waals surface area contributed by atoms with Gasteiger partial charge in [-0.3, -0.25) is 9.59 Å². The molecule has 2 rings (SSSR count). The number of halogens is 2. The van der Waals surface area contributed by atoms with Crippen molar-refractivity contribution in [3.63, 3.8) is 0 Å². The predicted octanol–water partition coefficient (Wildman–Crippen LogP) is 3.98. The maximum Gasteiger partial charge on any atom is 0.341 e. The van der Waals surface area contributed by atoms with Crippen LogP contribution in [0, 0.1) is 5.82 Å². The maximum atomic E-state index is 13.6. The average Bonchev–Trinajstić information content (AvgIpc) is 2.61. The summed E-state index contributed by atoms with van der Waals surface area (Å²) in [4.78, 5) is 35.2. The number of carbonyl (C=O) groups excluding carboxylic acids is 3. The van der Waals surface area contributed by atoms with E-state index in [4.69, 9.17) is 4.74 Å². The molecule has 0 radical (unpaired) electrons. The fraction of sp³-hybridized carbons (Fsp3) is 0.167. The first-order chi connectivity index (χ1) is 11.9. The first-order valence-corrected chi connectivity index (χ1v) is 8.25. The van der Waals surface area contributed by atoms with Gasteiger partial charge in [-0.25, -0.2) is 9.18 Å². The highest BCUT2D eigenvalue weighted by Crippen LogP contribution is 2.17. The number of esters is 1. The van der Waals surface area contributed by atoms with Crippen molar-refractivity contribution in [1.82, 2.24) is 0 Å². The summed E-state index contributed by atoms with van der Waals surface area (Å²) in [6, 6.07) is 10.1. The number of nitrogens with one attached hydrogen (secondary N) is 1. The summed E-state index contributed by atoms with van der Waals surface area (Å²) in [5.74, 6) is -2.21. The molecule has 0 unspecified atom stereocenters. The van der Waals surface area contributed by atoms with E-state index in [1.54, 1.807) is 19.1 Å². The Kier molecular flexibility index (Phi) is 6.41. The highest BCUT2D eigenvalue weighted by atomic mass is 79.9. The standard InChI is InChI=1S/C18H15BrFNO4/c1-2-17(23)21-13-6-3-11(4-7-13)16(22)10-25-18(24)14-9-12(19)5-8-15(14)20/h3-9H,2,10H2,1H3,(H,21,23). The molecule has 0 fully saturated rings. The zero-order chi connectivity index (χ0) is 18.4. The fourth-order valence-electron chi connectivity index (χ4n) is 1.93. The lowest BCUT2D eigenvalue weighted by Gasteiger charge is -2.07. The Morgan fingerprint density at radius 2 is 1.80 bits per heavy atom. The zero-order valence-electron chi connectivity index (χ0n) is 13.3. The van der Waals surface area contributed by atoms with E-state index < -0.39 is 24.2 Å². The van der Waals surface area contributed by atoms with Gasteiger partial charge in [0.15, 0.2) is 12.4 Å². The Balaban J connectivity index is 1.96. The van der Waals surface area contributed by atoms with E-state index in [9.17, 15) is 18.8 Å². The van der Waals surface area contributed by atoms with Crippen LogP contribution in [-0.4, -0.2) is 24.3 Å². The van der Waals surface area contributed by atoms with Gasteiger partial charge < -0.3 is 10.1 Å². The van der Waals surface area contributed by atoms with E-state index in [0.29, 0.717) is 22.1 Å². The summed E-state index contributed by atoms with van der Waals surface area (Å²) in [5.41, 5.74) is 0.633. The number of hydrogen-bond donors (Lipinski definition) is 1. The van der Waals surface area contributed by atoms with E-state index in [0.717, 1.165) is 6.07 Å². The van der Waals surface area contributed by atoms with E-state index in [-0.39, 0.29) is 11.5 Å². The Morgan fingerprint density at radius 3 is 2.44 bits per heavy atom. The Morgan fingerprint density at radius 1 is 1.12 bits per heavy atom. The minimum absolute atomic E-state index is 0.135. The first-order valence-electron chi connectivity index (χ1n) is 7.46. The lowest BCUT2D eigenvalue weighted by atomic mass is 10.1. The van der Waals surface area contributed by atoms with Crippen LogP contribution in [0.5, 0.6) is 0 Å². The molecule has 0 saturated heterocycles. The summed E-state index contributed by atoms with van der Waals surface area (Å²) < 4.78 is 19.0. The minimum atomic E-state index is -0.918. The molecule has 1 N–H and O–H groups in total. The first kappa shape index (κ1) is 18.8. The van der Waals surface area contributed by atoms with Crippen LogP contribution in [0.3, 0.4) is 0 Å². The Hall–Kier alpha value is -2.54. The molecule has 7 heteroatoms. The quantitative estimate of drug-likeness (QED) is 0.580. The molecule has 0 heterocycles. The van der Waals surface area contributed by atoms with Gasteiger partial charge in [0.1, 0.15) is 5.82 Å². The highest BCUT2D eigenvalue weighted by molar-refractivity contribution is 9.10. The van der Waals surface area contributed by atoms with Crippen molar-refractivity contribution in [3.8, 4) is 0 Å². The highest BCUT2D eigenvalue weighted by Gasteiger charge is 2.16. The van der Waals surface area contributed by atoms with Gasteiger partial charge in [-0.1, -0.05) is 22.9 Å². The van der Waals surface area contributed by atoms with Gasteiger partial charge in [0.2, 0.25) is 5.91 Å². The molecule has 0 aliphatic rings. The fourth-order valence-corrected chi connectivity index (χ4v) is 2.30. The van der Waals surface area contributed by atoms with Crippen molar-refractivity contribution in [2.24, 2.45) is 0 Å². The van der Waals surface area contributed by atoms with Gasteiger partial charge in [0.25, 0.3) is 0 Å². The third kappa shape index (κ3) is 5.22. The summed E-state index contributed by atoms with van der Waals surface area (Å²) in [7, 11) is 0. The molecule has 2 aromatic rings. The van der Waals surface area contributed by atoms with Gasteiger partial charge in [0, 0.05) is 22.1 Å². The van der Waals surface area contributed by atoms with Crippen LogP contribution in [0.15, 0.2) is 46.9 Å². The largest absolute Gasteiger partial charge is 0.454 e. The molecule has 130 valence electrons. The SMILES string of the molecule is CCC(=O)Nc1ccc(C(=O)COC(=O)c2cc(Br)ccc2F)cc1. The van der Waals surface area contributed by atoms with Crippen LogP contribution in [-0.2, 0) is 9.53 Å². The topological polar surface area (TPSA) is 72.5 Å². The number of benzene rings is 2. The molecular formula is C18H15BrFNO4. The third-order valence-corrected chi connectivity index (χ3v) is 3.79. The number of anilines is 1. The second-order valence-electron chi connectivity index (χ2n) is 5.10. The van der Waals surface area contributed by atoms with Crippen LogP contribution >= 0.6 is 15.9 Å². The van der Waals surface area contributed by atoms with Crippen molar-refractivity contribution >= 4 is 39.3 Å². The second-order valence-corrected chi connectivity index (χ2v) is 6.02. The van der Waals surface area contributed by atoms with E-state index in [1.165, 1.54) is 24.3 Å². The number of carbonyl (C=O) groups is 3. The number of ketones is 1. The van der Waals surface area contributed by atoms with Gasteiger partial charge in [-0.15, -0.1) is 0 Å². The van der Waals surface area contributed by atoms with Crippen LogP contribution in [0.25, 0.3) is 0 Å². The molecular weight excluding hydrogens is 393 g/mol. The van der Waals surface area contributed by atoms with Crippen molar-refractivity contribution in [2.75, 3.05) is 11.9 Å². The second kappa shape index (κ2) is 8.53. The third-order valence-electron chi connectivity index (χ3n) is 3.29. The van der Waals surface area contributed by atoms with Gasteiger partial charge in [0.05, 0.1) is 5.56 Å². The molecule has 0 aliphatic heterocycles. The average molecular weight is 408 g/mol. The molecule has 0 aromatic heterocycles. The number of Topliss-reactive ketones (excluding diaryl/α,β-unsaturated/α-hetero) is 1. The van der Waals surface area contributed by atoms with Crippen molar-refractivity contribution in [1.29, 1.82) is 0 Å². The van der Waals surface area contributed by atoms with Crippen LogP contribution in [0.4, 0.5) is 10.1 Å². The molecule has 25 heavy (non-hydrogen) atoms. The lowest BCUT2D eigenvalue weighted by molar-refractivity contribution is -0.115. The van der Waals surface area contributed by atoms with Crippen molar-refractivity contribution in [2.45, 2.75) is 13.3 Å². The van der Waals surface area contributed by atoms with Crippen LogP contribution in [0.1, 0.15) is 34.1 Å². The number of ether oxygens (including phenoxy) is 1. The Labute approximate surface area is 152 Å². The number of rotatable bonds is 6. The van der Waals surface area contributed by atoms with E-state index in [2.05, 4.69) is 21.2 Å². The Bertz CT molecular complexity index is 805. The summed E-state index contributed by atoms with van der Waals surface area (Å²) in [6.45, 7) is 1.22. The van der Waals surface area contributed by atoms with Crippen LogP contribution < -0.4 is 5.32 Å². The summed E-state index contributed by atoms with van der Waals surface area (Å²) in [6.07, 6.45) is 0.350. The summed E-state index contributed by atoms with van der Waals surface area (Å²) >= 11 is 3.14. The molecule has 0 atom stereocenters. The molecule has 2 aromatic carbocycles. The van der Waals surface area contributed by atoms with E-state index in [1.807, 2.05) is 0 Å². The molecule has 0 spiro atoms. The van der Waals surface area contributed by atoms with Crippen molar-refractivity contribution in [3.05, 3.63) is 63.9 Å². The maximum absolute atomic E-state index is 13.6. The summed E-state index contributed by atoms with van der Waals surface area (Å²) in [5, 5.41) is 2.66. The minimum Gasteiger partial charge on any atom is -0.454 e.